The van der Waals surface area contributed by atoms with Crippen LogP contribution in [0.5, 0.6) is 11.5 Å². The van der Waals surface area contributed by atoms with E-state index in [1.165, 1.54) is 25.3 Å². The molecule has 2 aromatic rings. The second-order valence-corrected chi connectivity index (χ2v) is 5.18. The molecule has 0 saturated carbocycles. The zero-order chi connectivity index (χ0) is 17.5. The Hall–Kier alpha value is -2.53. The molecule has 2 aromatic carbocycles. The van der Waals surface area contributed by atoms with E-state index in [0.717, 1.165) is 0 Å². The van der Waals surface area contributed by atoms with Gasteiger partial charge in [-0.05, 0) is 42.8 Å². The fourth-order valence-corrected chi connectivity index (χ4v) is 2.35. The number of hydrogen-bond acceptors (Lipinski definition) is 3. The van der Waals surface area contributed by atoms with E-state index in [1.807, 2.05) is 6.92 Å². The molecular formula is C18H17ClFNO3. The van der Waals surface area contributed by atoms with Crippen molar-refractivity contribution >= 4 is 29.3 Å². The van der Waals surface area contributed by atoms with Crippen LogP contribution in [-0.4, -0.2) is 19.6 Å². The third-order valence-electron chi connectivity index (χ3n) is 3.09. The van der Waals surface area contributed by atoms with Crippen LogP contribution in [0.4, 0.5) is 10.1 Å². The van der Waals surface area contributed by atoms with Crippen LogP contribution in [0, 0.1) is 5.82 Å². The zero-order valence-electron chi connectivity index (χ0n) is 13.3. The molecule has 0 radical (unpaired) electrons. The Morgan fingerprint density at radius 2 is 2.08 bits per heavy atom. The average molecular weight is 350 g/mol. The lowest BCUT2D eigenvalue weighted by Crippen LogP contribution is -2.09. The van der Waals surface area contributed by atoms with Gasteiger partial charge in [-0.2, -0.15) is 0 Å². The number of ether oxygens (including phenoxy) is 2. The van der Waals surface area contributed by atoms with Crippen LogP contribution < -0.4 is 14.8 Å². The van der Waals surface area contributed by atoms with Crippen LogP contribution >= 0.6 is 11.6 Å². The van der Waals surface area contributed by atoms with Crippen molar-refractivity contribution < 1.29 is 18.7 Å². The Morgan fingerprint density at radius 1 is 1.33 bits per heavy atom. The molecule has 4 nitrogen and oxygen atoms in total. The molecule has 0 saturated heterocycles. The van der Waals surface area contributed by atoms with E-state index in [0.29, 0.717) is 28.7 Å². The summed E-state index contributed by atoms with van der Waals surface area (Å²) in [7, 11) is 1.50. The van der Waals surface area contributed by atoms with E-state index >= 15 is 0 Å². The number of benzene rings is 2. The van der Waals surface area contributed by atoms with Gasteiger partial charge in [0.1, 0.15) is 5.82 Å². The fraction of sp³-hybridized carbons (Fsp3) is 0.167. The molecule has 0 aromatic heterocycles. The third kappa shape index (κ3) is 4.49. The summed E-state index contributed by atoms with van der Waals surface area (Å²) in [6.45, 7) is 2.30. The molecule has 0 spiro atoms. The maximum atomic E-state index is 13.5. The van der Waals surface area contributed by atoms with Gasteiger partial charge >= 0.3 is 0 Å². The smallest absolute Gasteiger partial charge is 0.248 e. The van der Waals surface area contributed by atoms with Crippen LogP contribution in [0.25, 0.3) is 6.08 Å². The van der Waals surface area contributed by atoms with Crippen molar-refractivity contribution in [2.45, 2.75) is 6.92 Å². The SMILES string of the molecule is CCOc1cc(/C=C/C(=O)Nc2ccccc2F)cc(Cl)c1OC. The van der Waals surface area contributed by atoms with Gasteiger partial charge in [0.2, 0.25) is 5.91 Å². The second-order valence-electron chi connectivity index (χ2n) is 4.77. The first kappa shape index (κ1) is 17.8. The van der Waals surface area contributed by atoms with Gasteiger partial charge < -0.3 is 14.8 Å². The number of halogens is 2. The van der Waals surface area contributed by atoms with Crippen molar-refractivity contribution in [3.63, 3.8) is 0 Å². The van der Waals surface area contributed by atoms with Crippen molar-refractivity contribution in [3.8, 4) is 11.5 Å². The summed E-state index contributed by atoms with van der Waals surface area (Å²) in [6.07, 6.45) is 2.85. The molecule has 0 fully saturated rings. The summed E-state index contributed by atoms with van der Waals surface area (Å²) in [5, 5.41) is 2.84. The summed E-state index contributed by atoms with van der Waals surface area (Å²) < 4.78 is 24.2. The molecule has 0 bridgehead atoms. The first-order chi connectivity index (χ1) is 11.5. The lowest BCUT2D eigenvalue weighted by atomic mass is 10.2. The van der Waals surface area contributed by atoms with Crippen LogP contribution in [0.2, 0.25) is 5.02 Å². The molecule has 24 heavy (non-hydrogen) atoms. The van der Waals surface area contributed by atoms with Crippen LogP contribution in [0.1, 0.15) is 12.5 Å². The minimum absolute atomic E-state index is 0.120. The van der Waals surface area contributed by atoms with Crippen LogP contribution in [-0.2, 0) is 4.79 Å². The summed E-state index contributed by atoms with van der Waals surface area (Å²) in [5.41, 5.74) is 0.780. The van der Waals surface area contributed by atoms with Gasteiger partial charge in [-0.25, -0.2) is 4.39 Å². The maximum Gasteiger partial charge on any atom is 0.248 e. The second kappa shape index (κ2) is 8.36. The molecule has 1 amide bonds. The number of carbonyl (C=O) groups excluding carboxylic acids is 1. The van der Waals surface area contributed by atoms with Crippen molar-refractivity contribution in [1.82, 2.24) is 0 Å². The molecule has 0 unspecified atom stereocenters. The van der Waals surface area contributed by atoms with E-state index < -0.39 is 11.7 Å². The molecular weight excluding hydrogens is 333 g/mol. The predicted molar refractivity (Wildman–Crippen MR) is 93.2 cm³/mol. The lowest BCUT2D eigenvalue weighted by molar-refractivity contribution is -0.111. The van der Waals surface area contributed by atoms with E-state index in [2.05, 4.69) is 5.32 Å². The normalized spacial score (nSPS) is 10.7. The minimum Gasteiger partial charge on any atom is -0.491 e. The van der Waals surface area contributed by atoms with E-state index in [-0.39, 0.29) is 5.69 Å². The molecule has 0 heterocycles. The number of amides is 1. The first-order valence-electron chi connectivity index (χ1n) is 7.29. The number of anilines is 1. The Labute approximate surface area is 144 Å². The van der Waals surface area contributed by atoms with Gasteiger partial charge in [0.15, 0.2) is 11.5 Å². The van der Waals surface area contributed by atoms with E-state index in [4.69, 9.17) is 21.1 Å². The van der Waals surface area contributed by atoms with Crippen molar-refractivity contribution in [1.29, 1.82) is 0 Å². The van der Waals surface area contributed by atoms with Gasteiger partial charge in [-0.3, -0.25) is 4.79 Å². The predicted octanol–water partition coefficient (Wildman–Crippen LogP) is 4.54. The van der Waals surface area contributed by atoms with E-state index in [9.17, 15) is 9.18 Å². The number of methoxy groups -OCH3 is 1. The Balaban J connectivity index is 2.16. The van der Waals surface area contributed by atoms with Gasteiger partial charge in [0.05, 0.1) is 24.4 Å². The highest BCUT2D eigenvalue weighted by Crippen LogP contribution is 2.36. The summed E-state index contributed by atoms with van der Waals surface area (Å²) >= 11 is 6.15. The number of carbonyl (C=O) groups is 1. The molecule has 1 N–H and O–H groups in total. The summed E-state index contributed by atoms with van der Waals surface area (Å²) in [4.78, 5) is 11.9. The molecule has 2 rings (SSSR count). The molecule has 0 aliphatic rings. The largest absolute Gasteiger partial charge is 0.491 e. The van der Waals surface area contributed by atoms with Crippen molar-refractivity contribution in [2.75, 3.05) is 19.0 Å². The Morgan fingerprint density at radius 3 is 2.75 bits per heavy atom. The topological polar surface area (TPSA) is 47.6 Å². The molecule has 6 heteroatoms. The van der Waals surface area contributed by atoms with Gasteiger partial charge in [0, 0.05) is 6.08 Å². The quantitative estimate of drug-likeness (QED) is 0.779. The average Bonchev–Trinajstić information content (AvgIpc) is 2.55. The number of hydrogen-bond donors (Lipinski definition) is 1. The van der Waals surface area contributed by atoms with Crippen LogP contribution in [0.15, 0.2) is 42.5 Å². The molecule has 0 aliphatic carbocycles. The molecule has 0 atom stereocenters. The summed E-state index contributed by atoms with van der Waals surface area (Å²) in [5.74, 6) is -0.0245. The first-order valence-corrected chi connectivity index (χ1v) is 7.67. The van der Waals surface area contributed by atoms with Gasteiger partial charge in [-0.15, -0.1) is 0 Å². The minimum atomic E-state index is -0.495. The summed E-state index contributed by atoms with van der Waals surface area (Å²) in [6, 6.07) is 9.31. The number of nitrogens with one attached hydrogen (secondary N) is 1. The number of rotatable bonds is 6. The lowest BCUT2D eigenvalue weighted by Gasteiger charge is -2.11. The Bertz CT molecular complexity index is 762. The van der Waals surface area contributed by atoms with Crippen LogP contribution in [0.3, 0.4) is 0 Å². The fourth-order valence-electron chi connectivity index (χ4n) is 2.05. The molecule has 126 valence electrons. The van der Waals surface area contributed by atoms with Gasteiger partial charge in [0.25, 0.3) is 0 Å². The highest BCUT2D eigenvalue weighted by Gasteiger charge is 2.10. The number of para-hydroxylation sites is 1. The Kier molecular flexibility index (Phi) is 6.21. The standard InChI is InChI=1S/C18H17ClFNO3/c1-3-24-16-11-12(10-13(19)18(16)23-2)8-9-17(22)21-15-7-5-4-6-14(15)20/h4-11H,3H2,1-2H3,(H,21,22)/b9-8+. The highest BCUT2D eigenvalue weighted by molar-refractivity contribution is 6.32. The monoisotopic (exact) mass is 349 g/mol. The maximum absolute atomic E-state index is 13.5. The van der Waals surface area contributed by atoms with Gasteiger partial charge in [-0.1, -0.05) is 23.7 Å². The van der Waals surface area contributed by atoms with E-state index in [1.54, 1.807) is 30.3 Å². The van der Waals surface area contributed by atoms with Crippen molar-refractivity contribution in [3.05, 3.63) is 58.9 Å². The zero-order valence-corrected chi connectivity index (χ0v) is 14.1. The molecule has 0 aliphatic heterocycles. The third-order valence-corrected chi connectivity index (χ3v) is 3.38. The highest BCUT2D eigenvalue weighted by atomic mass is 35.5. The van der Waals surface area contributed by atoms with Crippen molar-refractivity contribution in [2.24, 2.45) is 0 Å².